The van der Waals surface area contributed by atoms with E-state index in [1.165, 1.54) is 0 Å². The van der Waals surface area contributed by atoms with Crippen LogP contribution in [0.3, 0.4) is 0 Å². The minimum atomic E-state index is -0.504. The molecule has 0 amide bonds. The van der Waals surface area contributed by atoms with Crippen LogP contribution in [0.25, 0.3) is 11.6 Å². The number of rotatable bonds is 5. The molecule has 8 heteroatoms. The molecule has 8 nitrogen and oxygen atoms in total. The van der Waals surface area contributed by atoms with E-state index in [4.69, 9.17) is 14.0 Å². The maximum Gasteiger partial charge on any atom is 0.277 e. The van der Waals surface area contributed by atoms with Gasteiger partial charge in [-0.25, -0.2) is 9.97 Å². The van der Waals surface area contributed by atoms with Gasteiger partial charge in [-0.3, -0.25) is 0 Å². The Morgan fingerprint density at radius 3 is 2.68 bits per heavy atom. The third-order valence-electron chi connectivity index (χ3n) is 5.11. The molecule has 1 atom stereocenters. The van der Waals surface area contributed by atoms with Crippen molar-refractivity contribution >= 4 is 5.95 Å². The molecule has 0 radical (unpaired) electrons. The second kappa shape index (κ2) is 6.34. The van der Waals surface area contributed by atoms with E-state index in [9.17, 15) is 0 Å². The zero-order valence-corrected chi connectivity index (χ0v) is 14.9. The van der Waals surface area contributed by atoms with Gasteiger partial charge in [0.1, 0.15) is 11.3 Å². The highest BCUT2D eigenvalue weighted by Gasteiger charge is 2.46. The normalized spacial score (nSPS) is 20.5. The molecule has 1 saturated carbocycles. The average Bonchev–Trinajstić information content (AvgIpc) is 3.40. The molecular weight excluding hydrogens is 322 g/mol. The molecule has 1 aliphatic heterocycles. The second-order valence-electron chi connectivity index (χ2n) is 6.81. The van der Waals surface area contributed by atoms with E-state index in [0.29, 0.717) is 42.5 Å². The van der Waals surface area contributed by atoms with Gasteiger partial charge in [0.25, 0.3) is 5.89 Å². The van der Waals surface area contributed by atoms with Crippen LogP contribution in [0.2, 0.25) is 0 Å². The van der Waals surface area contributed by atoms with Crippen LogP contribution in [-0.4, -0.2) is 53.5 Å². The predicted molar refractivity (Wildman–Crippen MR) is 90.2 cm³/mol. The Bertz CT molecular complexity index is 754. The van der Waals surface area contributed by atoms with Gasteiger partial charge in [0, 0.05) is 26.4 Å². The summed E-state index contributed by atoms with van der Waals surface area (Å²) in [5.41, 5.74) is 1.07. The molecule has 0 N–H and O–H groups in total. The van der Waals surface area contributed by atoms with Crippen molar-refractivity contribution in [3.05, 3.63) is 17.6 Å². The van der Waals surface area contributed by atoms with E-state index in [2.05, 4.69) is 25.0 Å². The highest BCUT2D eigenvalue weighted by molar-refractivity contribution is 5.54. The summed E-state index contributed by atoms with van der Waals surface area (Å²) in [7, 11) is 1.70. The monoisotopic (exact) mass is 345 g/mol. The number of nitrogens with zero attached hydrogens (tertiary/aromatic N) is 5. The second-order valence-corrected chi connectivity index (χ2v) is 6.81. The number of hydrogen-bond donors (Lipinski definition) is 0. The molecule has 4 rings (SSSR count). The SMILES string of the molecule is COC(C)(c1noc(-c2nc(N3CCOCC3)ncc2C)n1)C1CC1. The molecule has 0 aromatic carbocycles. The fraction of sp³-hybridized carbons (Fsp3) is 0.647. The van der Waals surface area contributed by atoms with Gasteiger partial charge in [-0.1, -0.05) is 5.16 Å². The number of aromatic nitrogens is 4. The van der Waals surface area contributed by atoms with Gasteiger partial charge in [-0.2, -0.15) is 4.98 Å². The lowest BCUT2D eigenvalue weighted by atomic mass is 9.99. The van der Waals surface area contributed by atoms with Gasteiger partial charge in [0.05, 0.1) is 13.2 Å². The van der Waals surface area contributed by atoms with Crippen molar-refractivity contribution in [1.82, 2.24) is 20.1 Å². The summed E-state index contributed by atoms with van der Waals surface area (Å²) in [6.07, 6.45) is 4.05. The molecule has 0 bridgehead atoms. The Hall–Kier alpha value is -2.06. The van der Waals surface area contributed by atoms with E-state index in [1.807, 2.05) is 13.8 Å². The lowest BCUT2D eigenvalue weighted by Crippen LogP contribution is -2.37. The molecule has 2 aliphatic rings. The number of methoxy groups -OCH3 is 1. The molecule has 3 heterocycles. The van der Waals surface area contributed by atoms with E-state index < -0.39 is 5.60 Å². The number of aryl methyl sites for hydroxylation is 1. The van der Waals surface area contributed by atoms with Crippen molar-refractivity contribution in [3.8, 4) is 11.6 Å². The Labute approximate surface area is 146 Å². The van der Waals surface area contributed by atoms with Crippen molar-refractivity contribution in [2.24, 2.45) is 5.92 Å². The van der Waals surface area contributed by atoms with E-state index >= 15 is 0 Å². The van der Waals surface area contributed by atoms with Crippen LogP contribution in [0.5, 0.6) is 0 Å². The summed E-state index contributed by atoms with van der Waals surface area (Å²) in [5.74, 6) is 2.10. The Morgan fingerprint density at radius 2 is 2.00 bits per heavy atom. The lowest BCUT2D eigenvalue weighted by molar-refractivity contribution is -0.0269. The summed E-state index contributed by atoms with van der Waals surface area (Å²) >= 11 is 0. The highest BCUT2D eigenvalue weighted by Crippen LogP contribution is 2.47. The topological polar surface area (TPSA) is 86.4 Å². The van der Waals surface area contributed by atoms with Crippen LogP contribution in [0.15, 0.2) is 10.7 Å². The van der Waals surface area contributed by atoms with Gasteiger partial charge < -0.3 is 18.9 Å². The number of anilines is 1. The van der Waals surface area contributed by atoms with Gasteiger partial charge in [-0.05, 0) is 38.2 Å². The fourth-order valence-corrected chi connectivity index (χ4v) is 3.16. The maximum absolute atomic E-state index is 5.71. The lowest BCUT2D eigenvalue weighted by Gasteiger charge is -2.26. The average molecular weight is 345 g/mol. The van der Waals surface area contributed by atoms with E-state index in [1.54, 1.807) is 13.3 Å². The zero-order chi connectivity index (χ0) is 17.4. The third-order valence-corrected chi connectivity index (χ3v) is 5.11. The van der Waals surface area contributed by atoms with Gasteiger partial charge in [0.2, 0.25) is 11.8 Å². The Kier molecular flexibility index (Phi) is 4.16. The molecule has 0 spiro atoms. The van der Waals surface area contributed by atoms with Crippen LogP contribution in [0, 0.1) is 12.8 Å². The quantitative estimate of drug-likeness (QED) is 0.813. The first-order chi connectivity index (χ1) is 12.1. The molecule has 1 saturated heterocycles. The van der Waals surface area contributed by atoms with E-state index in [0.717, 1.165) is 31.5 Å². The van der Waals surface area contributed by atoms with Crippen molar-refractivity contribution in [1.29, 1.82) is 0 Å². The molecule has 134 valence electrons. The summed E-state index contributed by atoms with van der Waals surface area (Å²) in [6.45, 7) is 6.89. The van der Waals surface area contributed by atoms with Gasteiger partial charge >= 0.3 is 0 Å². The summed E-state index contributed by atoms with van der Waals surface area (Å²) < 4.78 is 16.6. The van der Waals surface area contributed by atoms with Crippen LogP contribution in [0.1, 0.15) is 31.2 Å². The van der Waals surface area contributed by atoms with Crippen LogP contribution < -0.4 is 4.90 Å². The minimum Gasteiger partial charge on any atom is -0.378 e. The summed E-state index contributed by atoms with van der Waals surface area (Å²) in [5, 5.41) is 4.17. The van der Waals surface area contributed by atoms with Crippen LogP contribution in [-0.2, 0) is 15.1 Å². The van der Waals surface area contributed by atoms with E-state index in [-0.39, 0.29) is 0 Å². The zero-order valence-electron chi connectivity index (χ0n) is 14.9. The smallest absolute Gasteiger partial charge is 0.277 e. The first kappa shape index (κ1) is 16.4. The van der Waals surface area contributed by atoms with Crippen molar-refractivity contribution in [2.45, 2.75) is 32.3 Å². The first-order valence-electron chi connectivity index (χ1n) is 8.68. The minimum absolute atomic E-state index is 0.410. The molecule has 25 heavy (non-hydrogen) atoms. The highest BCUT2D eigenvalue weighted by atomic mass is 16.5. The number of hydrogen-bond acceptors (Lipinski definition) is 8. The van der Waals surface area contributed by atoms with Gasteiger partial charge in [0.15, 0.2) is 0 Å². The van der Waals surface area contributed by atoms with Crippen LogP contribution >= 0.6 is 0 Å². The summed E-state index contributed by atoms with van der Waals surface area (Å²) in [4.78, 5) is 15.8. The predicted octanol–water partition coefficient (Wildman–Crippen LogP) is 1.94. The number of ether oxygens (including phenoxy) is 2. The molecule has 2 aromatic heterocycles. The third kappa shape index (κ3) is 3.00. The van der Waals surface area contributed by atoms with Crippen molar-refractivity contribution < 1.29 is 14.0 Å². The molecule has 2 fully saturated rings. The van der Waals surface area contributed by atoms with Crippen LogP contribution in [0.4, 0.5) is 5.95 Å². The van der Waals surface area contributed by atoms with Crippen molar-refractivity contribution in [3.63, 3.8) is 0 Å². The molecule has 2 aromatic rings. The molecular formula is C17H23N5O3. The Balaban J connectivity index is 1.65. The fourth-order valence-electron chi connectivity index (χ4n) is 3.16. The maximum atomic E-state index is 5.71. The Morgan fingerprint density at radius 1 is 1.24 bits per heavy atom. The largest absolute Gasteiger partial charge is 0.378 e. The standard InChI is InChI=1S/C17H23N5O3/c1-11-10-18-16(22-6-8-24-9-7-22)19-13(11)14-20-15(21-25-14)17(2,23-3)12-4-5-12/h10,12H,4-9H2,1-3H3. The first-order valence-corrected chi connectivity index (χ1v) is 8.68. The molecule has 1 unspecified atom stereocenters. The van der Waals surface area contributed by atoms with Crippen molar-refractivity contribution in [2.75, 3.05) is 38.3 Å². The van der Waals surface area contributed by atoms with Gasteiger partial charge in [-0.15, -0.1) is 0 Å². The molecule has 1 aliphatic carbocycles. The summed E-state index contributed by atoms with van der Waals surface area (Å²) in [6, 6.07) is 0. The number of morpholine rings is 1.